The highest BCUT2D eigenvalue weighted by atomic mass is 19.1. The maximum absolute atomic E-state index is 14.2. The van der Waals surface area contributed by atoms with Gasteiger partial charge in [0.2, 0.25) is 5.89 Å². The summed E-state index contributed by atoms with van der Waals surface area (Å²) < 4.78 is 19.2. The molecule has 0 bridgehead atoms. The standard InChI is InChI=1S/C14H16FN5O2/c1-9-18-13(19-22-9)12-4-2-3-5-20(12)14(21)11(15)6-10-7-16-8-17-10/h6-8,12H,2-5H2,1H3,(H,16,17). The number of nitrogens with one attached hydrogen (secondary N) is 1. The Morgan fingerprint density at radius 2 is 2.41 bits per heavy atom. The summed E-state index contributed by atoms with van der Waals surface area (Å²) in [4.78, 5) is 24.5. The molecule has 1 fully saturated rings. The van der Waals surface area contributed by atoms with Crippen LogP contribution in [0.3, 0.4) is 0 Å². The zero-order valence-corrected chi connectivity index (χ0v) is 12.1. The van der Waals surface area contributed by atoms with E-state index in [1.54, 1.807) is 6.92 Å². The van der Waals surface area contributed by atoms with Crippen LogP contribution in [-0.2, 0) is 4.79 Å². The van der Waals surface area contributed by atoms with E-state index in [2.05, 4.69) is 20.1 Å². The normalized spacial score (nSPS) is 19.5. The summed E-state index contributed by atoms with van der Waals surface area (Å²) in [5.74, 6) is -0.639. The fourth-order valence-corrected chi connectivity index (χ4v) is 2.57. The number of amides is 1. The van der Waals surface area contributed by atoms with Crippen LogP contribution >= 0.6 is 0 Å². The first-order valence-electron chi connectivity index (χ1n) is 7.12. The molecule has 1 amide bonds. The van der Waals surface area contributed by atoms with Crippen LogP contribution in [0.4, 0.5) is 4.39 Å². The van der Waals surface area contributed by atoms with Crippen molar-refractivity contribution < 1.29 is 13.7 Å². The topological polar surface area (TPSA) is 87.9 Å². The summed E-state index contributed by atoms with van der Waals surface area (Å²) >= 11 is 0. The van der Waals surface area contributed by atoms with Crippen molar-refractivity contribution >= 4 is 12.0 Å². The summed E-state index contributed by atoms with van der Waals surface area (Å²) in [5, 5.41) is 3.87. The molecule has 7 nitrogen and oxygen atoms in total. The molecule has 0 spiro atoms. The Balaban J connectivity index is 1.82. The van der Waals surface area contributed by atoms with Gasteiger partial charge in [-0.3, -0.25) is 4.79 Å². The van der Waals surface area contributed by atoms with Crippen molar-refractivity contribution in [1.29, 1.82) is 0 Å². The smallest absolute Gasteiger partial charge is 0.283 e. The molecule has 1 aliphatic rings. The first kappa shape index (κ1) is 14.4. The van der Waals surface area contributed by atoms with E-state index in [1.165, 1.54) is 17.4 Å². The molecule has 8 heteroatoms. The minimum atomic E-state index is -0.837. The number of carbonyl (C=O) groups is 1. The van der Waals surface area contributed by atoms with Gasteiger partial charge in [-0.2, -0.15) is 4.98 Å². The molecule has 2 aromatic heterocycles. The van der Waals surface area contributed by atoms with E-state index in [1.807, 2.05) is 0 Å². The Hall–Kier alpha value is -2.51. The van der Waals surface area contributed by atoms with Gasteiger partial charge in [-0.1, -0.05) is 5.16 Å². The molecule has 1 atom stereocenters. The Kier molecular flexibility index (Phi) is 3.99. The van der Waals surface area contributed by atoms with Crippen LogP contribution in [0.25, 0.3) is 6.08 Å². The van der Waals surface area contributed by atoms with Crippen molar-refractivity contribution in [3.8, 4) is 0 Å². The van der Waals surface area contributed by atoms with E-state index < -0.39 is 11.7 Å². The number of H-pyrrole nitrogens is 1. The lowest BCUT2D eigenvalue weighted by Crippen LogP contribution is -2.39. The lowest BCUT2D eigenvalue weighted by atomic mass is 10.0. The number of aromatic nitrogens is 4. The van der Waals surface area contributed by atoms with Crippen molar-refractivity contribution in [2.75, 3.05) is 6.54 Å². The summed E-state index contributed by atoms with van der Waals surface area (Å²) in [7, 11) is 0. The van der Waals surface area contributed by atoms with Gasteiger partial charge >= 0.3 is 0 Å². The zero-order valence-electron chi connectivity index (χ0n) is 12.1. The van der Waals surface area contributed by atoms with Crippen LogP contribution in [0, 0.1) is 6.92 Å². The Morgan fingerprint density at radius 1 is 1.55 bits per heavy atom. The van der Waals surface area contributed by atoms with Gasteiger partial charge in [0, 0.05) is 19.5 Å². The minimum absolute atomic E-state index is 0.348. The molecule has 3 rings (SSSR count). The van der Waals surface area contributed by atoms with Crippen molar-refractivity contribution in [3.05, 3.63) is 35.8 Å². The second-order valence-corrected chi connectivity index (χ2v) is 5.18. The largest absolute Gasteiger partial charge is 0.345 e. The number of hydrogen-bond acceptors (Lipinski definition) is 5. The highest BCUT2D eigenvalue weighted by Gasteiger charge is 2.33. The fraction of sp³-hybridized carbons (Fsp3) is 0.429. The van der Waals surface area contributed by atoms with E-state index in [0.717, 1.165) is 18.9 Å². The van der Waals surface area contributed by atoms with Crippen LogP contribution in [0.15, 0.2) is 22.9 Å². The molecule has 0 saturated carbocycles. The fourth-order valence-electron chi connectivity index (χ4n) is 2.57. The average molecular weight is 305 g/mol. The number of likely N-dealkylation sites (tertiary alicyclic amines) is 1. The second kappa shape index (κ2) is 6.08. The van der Waals surface area contributed by atoms with Crippen molar-refractivity contribution in [3.63, 3.8) is 0 Å². The number of imidazole rings is 1. The van der Waals surface area contributed by atoms with Gasteiger partial charge in [-0.25, -0.2) is 9.37 Å². The average Bonchev–Trinajstić information content (AvgIpc) is 3.18. The molecular weight excluding hydrogens is 289 g/mol. The Bertz CT molecular complexity index is 679. The first-order chi connectivity index (χ1) is 10.6. The van der Waals surface area contributed by atoms with Gasteiger partial charge in [-0.15, -0.1) is 0 Å². The molecule has 2 aromatic rings. The van der Waals surface area contributed by atoms with Gasteiger partial charge in [0.1, 0.15) is 0 Å². The molecule has 22 heavy (non-hydrogen) atoms. The predicted molar refractivity (Wildman–Crippen MR) is 75.0 cm³/mol. The lowest BCUT2D eigenvalue weighted by Gasteiger charge is -2.33. The number of aryl methyl sites for hydroxylation is 1. The Morgan fingerprint density at radius 3 is 3.09 bits per heavy atom. The van der Waals surface area contributed by atoms with Gasteiger partial charge in [0.05, 0.1) is 24.3 Å². The Labute approximate surface area is 126 Å². The summed E-state index contributed by atoms with van der Waals surface area (Å²) in [6.45, 7) is 2.16. The monoisotopic (exact) mass is 305 g/mol. The molecule has 1 saturated heterocycles. The van der Waals surface area contributed by atoms with Crippen LogP contribution in [0.1, 0.15) is 42.7 Å². The van der Waals surface area contributed by atoms with Crippen LogP contribution in [0.2, 0.25) is 0 Å². The first-order valence-corrected chi connectivity index (χ1v) is 7.12. The lowest BCUT2D eigenvalue weighted by molar-refractivity contribution is -0.132. The van der Waals surface area contributed by atoms with E-state index in [0.29, 0.717) is 30.4 Å². The molecule has 0 aromatic carbocycles. The third-order valence-corrected chi connectivity index (χ3v) is 3.61. The maximum Gasteiger partial charge on any atom is 0.283 e. The molecular formula is C14H16FN5O2. The summed E-state index contributed by atoms with van der Waals surface area (Å²) in [6, 6.07) is -0.348. The molecule has 3 heterocycles. The number of piperidine rings is 1. The van der Waals surface area contributed by atoms with E-state index in [4.69, 9.17) is 4.52 Å². The van der Waals surface area contributed by atoms with Gasteiger partial charge in [0.15, 0.2) is 11.7 Å². The van der Waals surface area contributed by atoms with Crippen LogP contribution in [0.5, 0.6) is 0 Å². The van der Waals surface area contributed by atoms with Crippen LogP contribution in [-0.4, -0.2) is 37.5 Å². The van der Waals surface area contributed by atoms with Crippen molar-refractivity contribution in [1.82, 2.24) is 25.0 Å². The highest BCUT2D eigenvalue weighted by Crippen LogP contribution is 2.30. The number of nitrogens with zero attached hydrogens (tertiary/aromatic N) is 4. The number of rotatable bonds is 3. The SMILES string of the molecule is Cc1nc(C2CCCCN2C(=O)C(F)=Cc2cnc[nH]2)no1. The third kappa shape index (κ3) is 2.90. The van der Waals surface area contributed by atoms with Gasteiger partial charge < -0.3 is 14.4 Å². The number of aromatic amines is 1. The quantitative estimate of drug-likeness (QED) is 0.878. The van der Waals surface area contributed by atoms with E-state index in [-0.39, 0.29) is 6.04 Å². The second-order valence-electron chi connectivity index (χ2n) is 5.18. The van der Waals surface area contributed by atoms with E-state index in [9.17, 15) is 9.18 Å². The summed E-state index contributed by atoms with van der Waals surface area (Å²) in [6.07, 6.45) is 6.48. The van der Waals surface area contributed by atoms with Crippen molar-refractivity contribution in [2.45, 2.75) is 32.2 Å². The van der Waals surface area contributed by atoms with Crippen molar-refractivity contribution in [2.24, 2.45) is 0 Å². The maximum atomic E-state index is 14.2. The third-order valence-electron chi connectivity index (χ3n) is 3.61. The molecule has 1 N–H and O–H groups in total. The van der Waals surface area contributed by atoms with Gasteiger partial charge in [0.25, 0.3) is 5.91 Å². The number of hydrogen-bond donors (Lipinski definition) is 1. The number of halogens is 1. The molecule has 0 radical (unpaired) electrons. The molecule has 0 aliphatic carbocycles. The summed E-state index contributed by atoms with van der Waals surface area (Å²) in [5.41, 5.74) is 0.440. The predicted octanol–water partition coefficient (Wildman–Crippen LogP) is 2.17. The van der Waals surface area contributed by atoms with Crippen LogP contribution < -0.4 is 0 Å². The minimum Gasteiger partial charge on any atom is -0.345 e. The zero-order chi connectivity index (χ0) is 15.5. The van der Waals surface area contributed by atoms with E-state index >= 15 is 0 Å². The molecule has 1 unspecified atom stereocenters. The highest BCUT2D eigenvalue weighted by molar-refractivity contribution is 5.95. The number of carbonyl (C=O) groups excluding carboxylic acids is 1. The van der Waals surface area contributed by atoms with Gasteiger partial charge in [-0.05, 0) is 19.3 Å². The molecule has 1 aliphatic heterocycles. The molecule has 116 valence electrons.